The zero-order chi connectivity index (χ0) is 20.6. The predicted molar refractivity (Wildman–Crippen MR) is 119 cm³/mol. The first-order chi connectivity index (χ1) is 14.8. The fourth-order valence-corrected chi connectivity index (χ4v) is 3.25. The molecule has 0 N–H and O–H groups in total. The van der Waals surface area contributed by atoms with E-state index < -0.39 is 5.97 Å². The Morgan fingerprint density at radius 2 is 1.23 bits per heavy atom. The van der Waals surface area contributed by atoms with Crippen LogP contribution in [0, 0.1) is 0 Å². The third kappa shape index (κ3) is 5.15. The molecule has 30 heavy (non-hydrogen) atoms. The molecular formula is C27H22O3. The summed E-state index contributed by atoms with van der Waals surface area (Å²) in [6, 6.07) is 35.5. The summed E-state index contributed by atoms with van der Waals surface area (Å²) < 4.78 is 11.2. The minimum atomic E-state index is -0.433. The van der Waals surface area contributed by atoms with Crippen molar-refractivity contribution < 1.29 is 14.3 Å². The normalized spacial score (nSPS) is 10.4. The van der Waals surface area contributed by atoms with Gasteiger partial charge < -0.3 is 9.47 Å². The van der Waals surface area contributed by atoms with Gasteiger partial charge in [0.15, 0.2) is 6.61 Å². The van der Waals surface area contributed by atoms with Gasteiger partial charge in [-0.2, -0.15) is 0 Å². The molecule has 0 amide bonds. The summed E-state index contributed by atoms with van der Waals surface area (Å²) in [6.45, 7) is -0.147. The van der Waals surface area contributed by atoms with Gasteiger partial charge in [-0.3, -0.25) is 0 Å². The summed E-state index contributed by atoms with van der Waals surface area (Å²) in [5.74, 6) is 0.760. The van der Waals surface area contributed by atoms with Crippen molar-refractivity contribution in [2.45, 2.75) is 6.42 Å². The van der Waals surface area contributed by atoms with Crippen LogP contribution < -0.4 is 9.47 Å². The van der Waals surface area contributed by atoms with Crippen molar-refractivity contribution in [2.75, 3.05) is 6.61 Å². The van der Waals surface area contributed by atoms with Gasteiger partial charge in [0.1, 0.15) is 11.5 Å². The van der Waals surface area contributed by atoms with Crippen molar-refractivity contribution in [3.05, 3.63) is 120 Å². The lowest BCUT2D eigenvalue weighted by atomic mass is 10.0. The fraction of sp³-hybridized carbons (Fsp3) is 0.0741. The first-order valence-electron chi connectivity index (χ1n) is 9.89. The van der Waals surface area contributed by atoms with Crippen LogP contribution in [-0.2, 0) is 11.2 Å². The van der Waals surface area contributed by atoms with Crippen molar-refractivity contribution in [1.82, 2.24) is 0 Å². The molecule has 0 bridgehead atoms. The molecule has 0 spiro atoms. The molecule has 4 aromatic carbocycles. The van der Waals surface area contributed by atoms with Crippen LogP contribution in [-0.4, -0.2) is 12.6 Å². The number of para-hydroxylation sites is 1. The summed E-state index contributed by atoms with van der Waals surface area (Å²) in [4.78, 5) is 12.3. The molecule has 4 rings (SSSR count). The molecule has 0 aliphatic carbocycles. The van der Waals surface area contributed by atoms with E-state index in [2.05, 4.69) is 12.1 Å². The van der Waals surface area contributed by atoms with E-state index in [1.165, 1.54) is 5.56 Å². The number of hydrogen-bond acceptors (Lipinski definition) is 3. The molecule has 4 aromatic rings. The highest BCUT2D eigenvalue weighted by Gasteiger charge is 2.10. The minimum Gasteiger partial charge on any atom is -0.482 e. The molecular weight excluding hydrogens is 372 g/mol. The molecule has 0 saturated carbocycles. The molecule has 148 valence electrons. The van der Waals surface area contributed by atoms with Gasteiger partial charge in [0.2, 0.25) is 0 Å². The lowest BCUT2D eigenvalue weighted by Gasteiger charge is -2.11. The Hall–Kier alpha value is -3.85. The SMILES string of the molecule is O=C(COc1ccccc1Cc1ccccc1)Oc1ccc(-c2ccccc2)cc1. The van der Waals surface area contributed by atoms with Gasteiger partial charge in [-0.1, -0.05) is 91.0 Å². The van der Waals surface area contributed by atoms with Crippen LogP contribution in [0.5, 0.6) is 11.5 Å². The summed E-state index contributed by atoms with van der Waals surface area (Å²) in [5, 5.41) is 0. The lowest BCUT2D eigenvalue weighted by molar-refractivity contribution is -0.136. The smallest absolute Gasteiger partial charge is 0.349 e. The van der Waals surface area contributed by atoms with Crippen LogP contribution in [0.4, 0.5) is 0 Å². The second kappa shape index (κ2) is 9.57. The molecule has 0 radical (unpaired) electrons. The van der Waals surface area contributed by atoms with Crippen LogP contribution in [0.15, 0.2) is 109 Å². The third-order valence-corrected chi connectivity index (χ3v) is 4.75. The Kier molecular flexibility index (Phi) is 6.21. The minimum absolute atomic E-state index is 0.147. The Labute approximate surface area is 176 Å². The number of esters is 1. The molecule has 0 aromatic heterocycles. The molecule has 0 unspecified atom stereocenters. The molecule has 0 saturated heterocycles. The second-order valence-electron chi connectivity index (χ2n) is 6.92. The average Bonchev–Trinajstić information content (AvgIpc) is 2.80. The maximum atomic E-state index is 12.3. The van der Waals surface area contributed by atoms with E-state index in [1.54, 1.807) is 12.1 Å². The van der Waals surface area contributed by atoms with Gasteiger partial charge in [0, 0.05) is 6.42 Å². The molecule has 0 atom stereocenters. The van der Waals surface area contributed by atoms with Gasteiger partial charge in [-0.05, 0) is 40.5 Å². The van der Waals surface area contributed by atoms with Gasteiger partial charge in [0.05, 0.1) is 0 Å². The van der Waals surface area contributed by atoms with E-state index in [9.17, 15) is 4.79 Å². The van der Waals surface area contributed by atoms with Crippen LogP contribution in [0.25, 0.3) is 11.1 Å². The van der Waals surface area contributed by atoms with Crippen LogP contribution in [0.3, 0.4) is 0 Å². The number of benzene rings is 4. The zero-order valence-electron chi connectivity index (χ0n) is 16.5. The molecule has 3 heteroatoms. The third-order valence-electron chi connectivity index (χ3n) is 4.75. The van der Waals surface area contributed by atoms with E-state index in [4.69, 9.17) is 9.47 Å². The topological polar surface area (TPSA) is 35.5 Å². The van der Waals surface area contributed by atoms with Crippen molar-refractivity contribution in [2.24, 2.45) is 0 Å². The zero-order valence-corrected chi connectivity index (χ0v) is 16.5. The Morgan fingerprint density at radius 1 is 0.633 bits per heavy atom. The van der Waals surface area contributed by atoms with E-state index in [0.29, 0.717) is 11.5 Å². The van der Waals surface area contributed by atoms with Gasteiger partial charge in [-0.15, -0.1) is 0 Å². The summed E-state index contributed by atoms with van der Waals surface area (Å²) in [6.07, 6.45) is 0.743. The Bertz CT molecular complexity index is 1090. The summed E-state index contributed by atoms with van der Waals surface area (Å²) in [5.41, 5.74) is 4.41. The molecule has 0 aliphatic heterocycles. The van der Waals surface area contributed by atoms with Crippen molar-refractivity contribution in [3.8, 4) is 22.6 Å². The summed E-state index contributed by atoms with van der Waals surface area (Å²) in [7, 11) is 0. The Balaban J connectivity index is 1.35. The number of rotatable bonds is 7. The highest BCUT2D eigenvalue weighted by molar-refractivity contribution is 5.74. The maximum absolute atomic E-state index is 12.3. The van der Waals surface area contributed by atoms with E-state index in [0.717, 1.165) is 23.1 Å². The number of carbonyl (C=O) groups excluding carboxylic acids is 1. The lowest BCUT2D eigenvalue weighted by Crippen LogP contribution is -2.18. The quantitative estimate of drug-likeness (QED) is 0.288. The van der Waals surface area contributed by atoms with Crippen LogP contribution in [0.2, 0.25) is 0 Å². The van der Waals surface area contributed by atoms with Crippen LogP contribution in [0.1, 0.15) is 11.1 Å². The predicted octanol–water partition coefficient (Wildman–Crippen LogP) is 5.93. The van der Waals surface area contributed by atoms with Crippen molar-refractivity contribution >= 4 is 5.97 Å². The molecule has 0 heterocycles. The van der Waals surface area contributed by atoms with Crippen LogP contribution >= 0.6 is 0 Å². The van der Waals surface area contributed by atoms with Gasteiger partial charge >= 0.3 is 5.97 Å². The van der Waals surface area contributed by atoms with Crippen molar-refractivity contribution in [1.29, 1.82) is 0 Å². The maximum Gasteiger partial charge on any atom is 0.349 e. The fourth-order valence-electron chi connectivity index (χ4n) is 3.25. The van der Waals surface area contributed by atoms with Gasteiger partial charge in [-0.25, -0.2) is 4.79 Å². The van der Waals surface area contributed by atoms with E-state index in [-0.39, 0.29) is 6.61 Å². The van der Waals surface area contributed by atoms with Gasteiger partial charge in [0.25, 0.3) is 0 Å². The second-order valence-corrected chi connectivity index (χ2v) is 6.92. The molecule has 3 nitrogen and oxygen atoms in total. The molecule has 0 aliphatic rings. The standard InChI is InChI=1S/C27H22O3/c28-27(30-25-17-15-23(16-18-25)22-11-5-2-6-12-22)20-29-26-14-8-7-13-24(26)19-21-9-3-1-4-10-21/h1-18H,19-20H2. The number of hydrogen-bond donors (Lipinski definition) is 0. The van der Waals surface area contributed by atoms with Crippen molar-refractivity contribution in [3.63, 3.8) is 0 Å². The number of carbonyl (C=O) groups is 1. The molecule has 0 fully saturated rings. The largest absolute Gasteiger partial charge is 0.482 e. The summed E-state index contributed by atoms with van der Waals surface area (Å²) >= 11 is 0. The first-order valence-corrected chi connectivity index (χ1v) is 9.89. The highest BCUT2D eigenvalue weighted by Crippen LogP contribution is 2.23. The van der Waals surface area contributed by atoms with E-state index >= 15 is 0 Å². The average molecular weight is 394 g/mol. The monoisotopic (exact) mass is 394 g/mol. The Morgan fingerprint density at radius 3 is 1.97 bits per heavy atom. The van der Waals surface area contributed by atoms with E-state index in [1.807, 2.05) is 84.9 Å². The highest BCUT2D eigenvalue weighted by atomic mass is 16.6. The number of ether oxygens (including phenoxy) is 2. The first kappa shape index (κ1) is 19.5.